The van der Waals surface area contributed by atoms with Gasteiger partial charge < -0.3 is 10.2 Å². The highest BCUT2D eigenvalue weighted by atomic mass is 32.2. The molecule has 4 heteroatoms. The number of nitrogens with zero attached hydrogens (tertiary/aromatic N) is 1. The van der Waals surface area contributed by atoms with Crippen LogP contribution >= 0.6 is 11.8 Å². The number of hydrogen-bond acceptors (Lipinski definition) is 3. The lowest BCUT2D eigenvalue weighted by Crippen LogP contribution is -2.35. The van der Waals surface area contributed by atoms with Crippen LogP contribution in [0.2, 0.25) is 0 Å². The third-order valence-corrected chi connectivity index (χ3v) is 4.75. The van der Waals surface area contributed by atoms with E-state index in [9.17, 15) is 4.79 Å². The van der Waals surface area contributed by atoms with E-state index >= 15 is 0 Å². The smallest absolute Gasteiger partial charge is 0.230 e. The summed E-state index contributed by atoms with van der Waals surface area (Å²) in [5.41, 5.74) is 1.49. The molecule has 22 heavy (non-hydrogen) atoms. The first-order chi connectivity index (χ1) is 10.4. The summed E-state index contributed by atoms with van der Waals surface area (Å²) < 4.78 is 0. The van der Waals surface area contributed by atoms with Crippen LogP contribution in [0.5, 0.6) is 0 Å². The largest absolute Gasteiger partial charge is 0.354 e. The van der Waals surface area contributed by atoms with Crippen LogP contribution < -0.4 is 5.32 Å². The van der Waals surface area contributed by atoms with Gasteiger partial charge in [0.05, 0.1) is 5.75 Å². The predicted molar refractivity (Wildman–Crippen MR) is 96.7 cm³/mol. The molecule has 1 amide bonds. The van der Waals surface area contributed by atoms with Gasteiger partial charge >= 0.3 is 0 Å². The van der Waals surface area contributed by atoms with Crippen molar-refractivity contribution in [3.63, 3.8) is 0 Å². The van der Waals surface area contributed by atoms with Crippen molar-refractivity contribution in [1.82, 2.24) is 10.2 Å². The minimum Gasteiger partial charge on any atom is -0.354 e. The first-order valence-corrected chi connectivity index (χ1v) is 9.07. The second kappa shape index (κ2) is 9.21. The Hall–Kier alpha value is -1.00. The maximum atomic E-state index is 11.9. The van der Waals surface area contributed by atoms with E-state index in [1.807, 2.05) is 0 Å². The van der Waals surface area contributed by atoms with Gasteiger partial charge in [0.1, 0.15) is 0 Å². The molecule has 0 spiro atoms. The van der Waals surface area contributed by atoms with Crippen LogP contribution in [-0.2, 0) is 10.2 Å². The Bertz CT molecular complexity index is 447. The number of thioether (sulfide) groups is 1. The fourth-order valence-corrected chi connectivity index (χ4v) is 2.87. The van der Waals surface area contributed by atoms with E-state index in [1.54, 1.807) is 11.8 Å². The Morgan fingerprint density at radius 2 is 1.73 bits per heavy atom. The van der Waals surface area contributed by atoms with Crippen LogP contribution in [-0.4, -0.2) is 42.7 Å². The Morgan fingerprint density at radius 3 is 2.23 bits per heavy atom. The summed E-state index contributed by atoms with van der Waals surface area (Å²) in [6.45, 7) is 14.6. The maximum Gasteiger partial charge on any atom is 0.230 e. The van der Waals surface area contributed by atoms with E-state index in [2.05, 4.69) is 69.1 Å². The maximum absolute atomic E-state index is 11.9. The lowest BCUT2D eigenvalue weighted by Gasteiger charge is -2.19. The summed E-state index contributed by atoms with van der Waals surface area (Å²) in [4.78, 5) is 15.3. The predicted octanol–water partition coefficient (Wildman–Crippen LogP) is 3.53. The van der Waals surface area contributed by atoms with E-state index in [0.29, 0.717) is 5.75 Å². The molecule has 0 aliphatic carbocycles. The number of carbonyl (C=O) groups excluding carboxylic acids is 1. The zero-order valence-corrected chi connectivity index (χ0v) is 15.4. The fourth-order valence-electron chi connectivity index (χ4n) is 2.14. The highest BCUT2D eigenvalue weighted by molar-refractivity contribution is 8.00. The monoisotopic (exact) mass is 322 g/mol. The Labute approximate surface area is 139 Å². The zero-order valence-electron chi connectivity index (χ0n) is 14.6. The first-order valence-electron chi connectivity index (χ1n) is 8.09. The summed E-state index contributed by atoms with van der Waals surface area (Å²) in [5, 5.41) is 2.99. The van der Waals surface area contributed by atoms with Crippen LogP contribution in [0.3, 0.4) is 0 Å². The number of amides is 1. The number of hydrogen-bond donors (Lipinski definition) is 1. The van der Waals surface area contributed by atoms with Crippen molar-refractivity contribution in [3.8, 4) is 0 Å². The molecule has 0 saturated carbocycles. The first kappa shape index (κ1) is 19.0. The molecule has 0 aliphatic heterocycles. The molecule has 1 aromatic rings. The van der Waals surface area contributed by atoms with Gasteiger partial charge in [0, 0.05) is 18.0 Å². The molecule has 0 aromatic heterocycles. The minimum absolute atomic E-state index is 0.108. The van der Waals surface area contributed by atoms with Gasteiger partial charge in [-0.2, -0.15) is 0 Å². The molecule has 0 heterocycles. The fraction of sp³-hybridized carbons (Fsp3) is 0.611. The second-order valence-electron chi connectivity index (χ2n) is 6.44. The van der Waals surface area contributed by atoms with E-state index in [-0.39, 0.29) is 11.3 Å². The molecule has 1 aromatic carbocycles. The molecule has 0 saturated heterocycles. The average Bonchev–Trinajstić information content (AvgIpc) is 2.49. The van der Waals surface area contributed by atoms with Gasteiger partial charge in [0.2, 0.25) is 5.91 Å². The van der Waals surface area contributed by atoms with E-state index in [1.165, 1.54) is 5.56 Å². The normalized spacial score (nSPS) is 11.7. The van der Waals surface area contributed by atoms with E-state index in [0.717, 1.165) is 31.1 Å². The van der Waals surface area contributed by atoms with Crippen molar-refractivity contribution in [3.05, 3.63) is 29.8 Å². The molecule has 0 fully saturated rings. The average molecular weight is 323 g/mol. The zero-order chi connectivity index (χ0) is 16.6. The standard InChI is InChI=1S/C18H30N2OS/c1-6-20(7-2)13-12-19-17(21)14-22-16-10-8-15(9-11-16)18(3,4)5/h8-11H,6-7,12-14H2,1-5H3,(H,19,21). The number of carbonyl (C=O) groups is 1. The quantitative estimate of drug-likeness (QED) is 0.743. The third-order valence-electron chi connectivity index (χ3n) is 3.73. The van der Waals surface area contributed by atoms with Gasteiger partial charge in [-0.25, -0.2) is 0 Å². The SMILES string of the molecule is CCN(CC)CCNC(=O)CSc1ccc(C(C)(C)C)cc1. The molecule has 0 aliphatic rings. The topological polar surface area (TPSA) is 32.3 Å². The lowest BCUT2D eigenvalue weighted by atomic mass is 9.87. The molecule has 0 unspecified atom stereocenters. The molecular formula is C18H30N2OS. The van der Waals surface area contributed by atoms with Crippen molar-refractivity contribution in [2.75, 3.05) is 31.9 Å². The van der Waals surface area contributed by atoms with E-state index in [4.69, 9.17) is 0 Å². The Kier molecular flexibility index (Phi) is 7.97. The molecule has 3 nitrogen and oxygen atoms in total. The highest BCUT2D eigenvalue weighted by Gasteiger charge is 2.13. The van der Waals surface area contributed by atoms with Crippen molar-refractivity contribution < 1.29 is 4.79 Å². The minimum atomic E-state index is 0.108. The molecule has 0 bridgehead atoms. The van der Waals surface area contributed by atoms with Gasteiger partial charge in [-0.15, -0.1) is 11.8 Å². The van der Waals surface area contributed by atoms with Gasteiger partial charge in [-0.3, -0.25) is 4.79 Å². The lowest BCUT2D eigenvalue weighted by molar-refractivity contribution is -0.118. The van der Waals surface area contributed by atoms with E-state index < -0.39 is 0 Å². The number of likely N-dealkylation sites (N-methyl/N-ethyl adjacent to an activating group) is 1. The second-order valence-corrected chi connectivity index (χ2v) is 7.49. The molecular weight excluding hydrogens is 292 g/mol. The molecule has 124 valence electrons. The summed E-state index contributed by atoms with van der Waals surface area (Å²) in [7, 11) is 0. The summed E-state index contributed by atoms with van der Waals surface area (Å²) >= 11 is 1.59. The van der Waals surface area contributed by atoms with Crippen molar-refractivity contribution in [1.29, 1.82) is 0 Å². The molecule has 1 N–H and O–H groups in total. The number of benzene rings is 1. The van der Waals surface area contributed by atoms with Gasteiger partial charge in [-0.05, 0) is 36.2 Å². The van der Waals surface area contributed by atoms with Crippen LogP contribution in [0.25, 0.3) is 0 Å². The Balaban J connectivity index is 2.32. The summed E-state index contributed by atoms with van der Waals surface area (Å²) in [5.74, 6) is 0.588. The van der Waals surface area contributed by atoms with Crippen LogP contribution in [0.1, 0.15) is 40.2 Å². The Morgan fingerprint density at radius 1 is 1.14 bits per heavy atom. The van der Waals surface area contributed by atoms with Crippen molar-refractivity contribution in [2.45, 2.75) is 44.9 Å². The highest BCUT2D eigenvalue weighted by Crippen LogP contribution is 2.25. The van der Waals surface area contributed by atoms with Crippen molar-refractivity contribution >= 4 is 17.7 Å². The van der Waals surface area contributed by atoms with Crippen LogP contribution in [0.15, 0.2) is 29.2 Å². The van der Waals surface area contributed by atoms with Crippen molar-refractivity contribution in [2.24, 2.45) is 0 Å². The number of nitrogens with one attached hydrogen (secondary N) is 1. The van der Waals surface area contributed by atoms with Gasteiger partial charge in [-0.1, -0.05) is 46.8 Å². The van der Waals surface area contributed by atoms with Crippen LogP contribution in [0, 0.1) is 0 Å². The number of rotatable bonds is 8. The summed E-state index contributed by atoms with van der Waals surface area (Å²) in [6.07, 6.45) is 0. The van der Waals surface area contributed by atoms with Gasteiger partial charge in [0.15, 0.2) is 0 Å². The van der Waals surface area contributed by atoms with Crippen LogP contribution in [0.4, 0.5) is 0 Å². The molecule has 0 radical (unpaired) electrons. The third kappa shape index (κ3) is 6.84. The molecule has 1 rings (SSSR count). The molecule has 0 atom stereocenters. The van der Waals surface area contributed by atoms with Gasteiger partial charge in [0.25, 0.3) is 0 Å². The summed E-state index contributed by atoms with van der Waals surface area (Å²) in [6, 6.07) is 8.52.